The van der Waals surface area contributed by atoms with Crippen LogP contribution in [0.25, 0.3) is 10.8 Å². The average molecular weight is 310 g/mol. The molecule has 0 aliphatic carbocycles. The van der Waals surface area contributed by atoms with Gasteiger partial charge < -0.3 is 0 Å². The predicted octanol–water partition coefficient (Wildman–Crippen LogP) is 5.04. The molecule has 0 heterocycles. The number of hydrogen-bond donors (Lipinski definition) is 1. The van der Waals surface area contributed by atoms with Crippen molar-refractivity contribution in [2.45, 2.75) is 52.4 Å². The van der Waals surface area contributed by atoms with E-state index in [1.165, 1.54) is 24.6 Å². The largest absolute Gasteiger partial charge is 0.273 e. The van der Waals surface area contributed by atoms with E-state index in [0.717, 1.165) is 29.5 Å². The minimum atomic E-state index is 0.00100. The average Bonchev–Trinajstić information content (AvgIpc) is 2.59. The third-order valence-corrected chi connectivity index (χ3v) is 4.04. The van der Waals surface area contributed by atoms with Crippen LogP contribution in [0.3, 0.4) is 0 Å². The van der Waals surface area contributed by atoms with Crippen molar-refractivity contribution in [2.75, 3.05) is 0 Å². The summed E-state index contributed by atoms with van der Waals surface area (Å²) >= 11 is 0. The molecule has 0 fully saturated rings. The van der Waals surface area contributed by atoms with Gasteiger partial charge in [-0.25, -0.2) is 5.43 Å². The number of carbonyl (C=O) groups is 1. The van der Waals surface area contributed by atoms with Gasteiger partial charge in [0.05, 0.1) is 5.71 Å². The minimum absolute atomic E-state index is 0.00100. The van der Waals surface area contributed by atoms with Crippen LogP contribution in [0, 0.1) is 0 Å². The Bertz CT molecular complexity index is 671. The normalized spacial score (nSPS) is 11.7. The second-order valence-corrected chi connectivity index (χ2v) is 5.92. The highest BCUT2D eigenvalue weighted by Gasteiger charge is 2.05. The monoisotopic (exact) mass is 310 g/mol. The molecule has 1 N–H and O–H groups in total. The molecule has 0 aliphatic heterocycles. The SMILES string of the molecule is CCCCCCCC(=O)N/N=C(\C)c1cccc2ccccc12. The highest BCUT2D eigenvalue weighted by Crippen LogP contribution is 2.19. The molecule has 2 aromatic carbocycles. The Hall–Kier alpha value is -2.16. The molecule has 0 spiro atoms. The van der Waals surface area contributed by atoms with Crippen LogP contribution >= 0.6 is 0 Å². The highest BCUT2D eigenvalue weighted by molar-refractivity contribution is 6.09. The van der Waals surface area contributed by atoms with E-state index in [9.17, 15) is 4.79 Å². The summed E-state index contributed by atoms with van der Waals surface area (Å²) < 4.78 is 0. The highest BCUT2D eigenvalue weighted by atomic mass is 16.2. The van der Waals surface area contributed by atoms with Crippen molar-refractivity contribution in [1.29, 1.82) is 0 Å². The number of fused-ring (bicyclic) bond motifs is 1. The van der Waals surface area contributed by atoms with Crippen molar-refractivity contribution in [3.63, 3.8) is 0 Å². The molecule has 0 radical (unpaired) electrons. The second kappa shape index (κ2) is 9.09. The summed E-state index contributed by atoms with van der Waals surface area (Å²) in [5.74, 6) is 0.00100. The van der Waals surface area contributed by atoms with Crippen LogP contribution in [0.5, 0.6) is 0 Å². The number of rotatable bonds is 8. The van der Waals surface area contributed by atoms with Crippen molar-refractivity contribution in [1.82, 2.24) is 5.43 Å². The van der Waals surface area contributed by atoms with Gasteiger partial charge in [-0.1, -0.05) is 75.1 Å². The standard InChI is InChI=1S/C20H26N2O/c1-3-4-5-6-7-15-20(23)22-21-16(2)18-14-10-12-17-11-8-9-13-19(17)18/h8-14H,3-7,15H2,1-2H3,(H,22,23)/b21-16+. The Morgan fingerprint density at radius 3 is 2.57 bits per heavy atom. The molecule has 0 aromatic heterocycles. The van der Waals surface area contributed by atoms with Crippen LogP contribution in [-0.4, -0.2) is 11.6 Å². The lowest BCUT2D eigenvalue weighted by molar-refractivity contribution is -0.121. The fourth-order valence-corrected chi connectivity index (χ4v) is 2.69. The van der Waals surface area contributed by atoms with Gasteiger partial charge in [-0.05, 0) is 24.1 Å². The first-order valence-electron chi connectivity index (χ1n) is 8.53. The van der Waals surface area contributed by atoms with Crippen molar-refractivity contribution in [3.8, 4) is 0 Å². The maximum Gasteiger partial charge on any atom is 0.240 e. The fraction of sp³-hybridized carbons (Fsp3) is 0.400. The fourth-order valence-electron chi connectivity index (χ4n) is 2.69. The molecule has 0 aliphatic rings. The Kier molecular flexibility index (Phi) is 6.79. The van der Waals surface area contributed by atoms with Crippen molar-refractivity contribution >= 4 is 22.4 Å². The van der Waals surface area contributed by atoms with E-state index in [1.54, 1.807) is 0 Å². The molecule has 2 aromatic rings. The molecule has 0 atom stereocenters. The van der Waals surface area contributed by atoms with E-state index < -0.39 is 0 Å². The summed E-state index contributed by atoms with van der Waals surface area (Å²) in [6.45, 7) is 4.13. The maximum atomic E-state index is 11.9. The first-order chi connectivity index (χ1) is 11.2. The summed E-state index contributed by atoms with van der Waals surface area (Å²) in [5, 5.41) is 6.62. The Morgan fingerprint density at radius 1 is 1.00 bits per heavy atom. The quantitative estimate of drug-likeness (QED) is 0.414. The van der Waals surface area contributed by atoms with Crippen molar-refractivity contribution in [3.05, 3.63) is 48.0 Å². The number of hydrazone groups is 1. The van der Waals surface area contributed by atoms with Crippen molar-refractivity contribution in [2.24, 2.45) is 5.10 Å². The molecular formula is C20H26N2O. The molecule has 3 heteroatoms. The lowest BCUT2D eigenvalue weighted by atomic mass is 10.0. The molecule has 122 valence electrons. The number of nitrogens with one attached hydrogen (secondary N) is 1. The van der Waals surface area contributed by atoms with Gasteiger partial charge in [0.25, 0.3) is 0 Å². The smallest absolute Gasteiger partial charge is 0.240 e. The first-order valence-corrected chi connectivity index (χ1v) is 8.53. The number of amides is 1. The van der Waals surface area contributed by atoms with E-state index in [0.29, 0.717) is 6.42 Å². The van der Waals surface area contributed by atoms with E-state index in [2.05, 4.69) is 35.7 Å². The van der Waals surface area contributed by atoms with E-state index in [4.69, 9.17) is 0 Å². The molecule has 0 bridgehead atoms. The zero-order chi connectivity index (χ0) is 16.5. The van der Waals surface area contributed by atoms with Crippen molar-refractivity contribution < 1.29 is 4.79 Å². The zero-order valence-corrected chi connectivity index (χ0v) is 14.1. The molecule has 3 nitrogen and oxygen atoms in total. The van der Waals surface area contributed by atoms with E-state index >= 15 is 0 Å². The van der Waals surface area contributed by atoms with Gasteiger partial charge in [-0.15, -0.1) is 0 Å². The summed E-state index contributed by atoms with van der Waals surface area (Å²) in [4.78, 5) is 11.9. The topological polar surface area (TPSA) is 41.5 Å². The molecule has 1 amide bonds. The van der Waals surface area contributed by atoms with Gasteiger partial charge in [-0.3, -0.25) is 4.79 Å². The molecular weight excluding hydrogens is 284 g/mol. The van der Waals surface area contributed by atoms with Gasteiger partial charge in [-0.2, -0.15) is 5.10 Å². The van der Waals surface area contributed by atoms with E-state index in [1.807, 2.05) is 31.2 Å². The Balaban J connectivity index is 1.93. The lowest BCUT2D eigenvalue weighted by Crippen LogP contribution is -2.18. The third kappa shape index (κ3) is 5.20. The van der Waals surface area contributed by atoms with Crippen LogP contribution in [0.4, 0.5) is 0 Å². The molecule has 2 rings (SSSR count). The summed E-state index contributed by atoms with van der Waals surface area (Å²) in [6.07, 6.45) is 6.29. The first kappa shape index (κ1) is 17.2. The molecule has 0 saturated heterocycles. The maximum absolute atomic E-state index is 11.9. The van der Waals surface area contributed by atoms with Gasteiger partial charge in [0.15, 0.2) is 0 Å². The molecule has 0 saturated carbocycles. The minimum Gasteiger partial charge on any atom is -0.273 e. The number of benzene rings is 2. The Labute approximate surface area is 138 Å². The van der Waals surface area contributed by atoms with Gasteiger partial charge in [0, 0.05) is 12.0 Å². The van der Waals surface area contributed by atoms with Gasteiger partial charge in [0.2, 0.25) is 5.91 Å². The number of hydrogen-bond acceptors (Lipinski definition) is 2. The summed E-state index contributed by atoms with van der Waals surface area (Å²) in [5.41, 5.74) is 4.58. The molecule has 23 heavy (non-hydrogen) atoms. The van der Waals surface area contributed by atoms with Gasteiger partial charge >= 0.3 is 0 Å². The van der Waals surface area contributed by atoms with Crippen LogP contribution in [0.2, 0.25) is 0 Å². The number of nitrogens with zero attached hydrogens (tertiary/aromatic N) is 1. The van der Waals surface area contributed by atoms with Crippen LogP contribution in [0.1, 0.15) is 57.9 Å². The predicted molar refractivity (Wildman–Crippen MR) is 97.7 cm³/mol. The summed E-state index contributed by atoms with van der Waals surface area (Å²) in [6, 6.07) is 14.4. The zero-order valence-electron chi connectivity index (χ0n) is 14.1. The molecule has 0 unspecified atom stereocenters. The summed E-state index contributed by atoms with van der Waals surface area (Å²) in [7, 11) is 0. The van der Waals surface area contributed by atoms with E-state index in [-0.39, 0.29) is 5.91 Å². The van der Waals surface area contributed by atoms with Gasteiger partial charge in [0.1, 0.15) is 0 Å². The Morgan fingerprint density at radius 2 is 1.74 bits per heavy atom. The number of unbranched alkanes of at least 4 members (excludes halogenated alkanes) is 4. The number of carbonyl (C=O) groups excluding carboxylic acids is 1. The third-order valence-electron chi connectivity index (χ3n) is 4.04. The van der Waals surface area contributed by atoms with Crippen LogP contribution < -0.4 is 5.43 Å². The lowest BCUT2D eigenvalue weighted by Gasteiger charge is -2.07. The van der Waals surface area contributed by atoms with Crippen LogP contribution in [0.15, 0.2) is 47.6 Å². The van der Waals surface area contributed by atoms with Crippen LogP contribution in [-0.2, 0) is 4.79 Å². The second-order valence-electron chi connectivity index (χ2n) is 5.92.